The van der Waals surface area contributed by atoms with Crippen LogP contribution in [0.4, 0.5) is 5.82 Å². The normalized spacial score (nSPS) is 10.8. The van der Waals surface area contributed by atoms with Gasteiger partial charge in [-0.25, -0.2) is 9.78 Å². The lowest BCUT2D eigenvalue weighted by Gasteiger charge is -2.09. The van der Waals surface area contributed by atoms with E-state index in [0.29, 0.717) is 16.8 Å². The SMILES string of the molecule is Cc1ccc(NC(=O)Cc2c(C)c3ccc(O)c(O)c3oc2=O)nc1. The number of phenols is 2. The Balaban J connectivity index is 1.93. The Hall–Kier alpha value is -3.35. The molecule has 0 saturated carbocycles. The van der Waals surface area contributed by atoms with E-state index in [1.807, 2.05) is 13.0 Å². The summed E-state index contributed by atoms with van der Waals surface area (Å²) in [6.45, 7) is 3.54. The molecule has 0 unspecified atom stereocenters. The van der Waals surface area contributed by atoms with Crippen LogP contribution in [0.1, 0.15) is 16.7 Å². The fourth-order valence-corrected chi connectivity index (χ4v) is 2.52. The summed E-state index contributed by atoms with van der Waals surface area (Å²) in [4.78, 5) is 28.5. The van der Waals surface area contributed by atoms with Crippen molar-refractivity contribution in [3.05, 3.63) is 57.6 Å². The van der Waals surface area contributed by atoms with Crippen molar-refractivity contribution in [1.29, 1.82) is 0 Å². The highest BCUT2D eigenvalue weighted by molar-refractivity contribution is 5.93. The lowest BCUT2D eigenvalue weighted by molar-refractivity contribution is -0.115. The molecular formula is C18H16N2O5. The van der Waals surface area contributed by atoms with Crippen LogP contribution in [0.5, 0.6) is 11.5 Å². The number of fused-ring (bicyclic) bond motifs is 1. The molecule has 0 aliphatic rings. The minimum absolute atomic E-state index is 0.105. The van der Waals surface area contributed by atoms with Crippen LogP contribution in [0.25, 0.3) is 11.0 Å². The van der Waals surface area contributed by atoms with Gasteiger partial charge in [-0.2, -0.15) is 0 Å². The Bertz CT molecular complexity index is 1020. The zero-order valence-electron chi connectivity index (χ0n) is 13.7. The average molecular weight is 340 g/mol. The van der Waals surface area contributed by atoms with Crippen molar-refractivity contribution in [2.24, 2.45) is 0 Å². The van der Waals surface area contributed by atoms with Gasteiger partial charge in [-0.3, -0.25) is 4.79 Å². The molecular weight excluding hydrogens is 324 g/mol. The first-order valence-corrected chi connectivity index (χ1v) is 7.56. The number of amides is 1. The molecule has 128 valence electrons. The van der Waals surface area contributed by atoms with Gasteiger partial charge in [0.05, 0.1) is 12.0 Å². The number of aromatic hydroxyl groups is 2. The largest absolute Gasteiger partial charge is 0.504 e. The number of aryl methyl sites for hydroxylation is 2. The first-order valence-electron chi connectivity index (χ1n) is 7.56. The second-order valence-corrected chi connectivity index (χ2v) is 5.75. The fourth-order valence-electron chi connectivity index (χ4n) is 2.52. The van der Waals surface area contributed by atoms with Crippen molar-refractivity contribution < 1.29 is 19.4 Å². The Kier molecular flexibility index (Phi) is 4.14. The van der Waals surface area contributed by atoms with E-state index in [9.17, 15) is 19.8 Å². The molecule has 2 heterocycles. The molecule has 0 radical (unpaired) electrons. The smallest absolute Gasteiger partial charge is 0.340 e. The Morgan fingerprint density at radius 3 is 2.64 bits per heavy atom. The van der Waals surface area contributed by atoms with Crippen molar-refractivity contribution >= 4 is 22.7 Å². The van der Waals surface area contributed by atoms with E-state index in [4.69, 9.17) is 4.42 Å². The van der Waals surface area contributed by atoms with Crippen molar-refractivity contribution in [1.82, 2.24) is 4.98 Å². The second kappa shape index (κ2) is 6.27. The van der Waals surface area contributed by atoms with Crippen molar-refractivity contribution in [3.8, 4) is 11.5 Å². The molecule has 0 spiro atoms. The van der Waals surface area contributed by atoms with Crippen molar-refractivity contribution in [2.75, 3.05) is 5.32 Å². The van der Waals surface area contributed by atoms with Gasteiger partial charge in [-0.05, 0) is 43.2 Å². The van der Waals surface area contributed by atoms with Crippen LogP contribution in [0.3, 0.4) is 0 Å². The fraction of sp³-hybridized carbons (Fsp3) is 0.167. The summed E-state index contributed by atoms with van der Waals surface area (Å²) in [5, 5.41) is 22.4. The molecule has 0 fully saturated rings. The van der Waals surface area contributed by atoms with Crippen molar-refractivity contribution in [2.45, 2.75) is 20.3 Å². The summed E-state index contributed by atoms with van der Waals surface area (Å²) < 4.78 is 5.09. The number of nitrogens with one attached hydrogen (secondary N) is 1. The molecule has 7 nitrogen and oxygen atoms in total. The molecule has 0 atom stereocenters. The Morgan fingerprint density at radius 2 is 1.96 bits per heavy atom. The standard InChI is InChI=1S/C18H16N2O5/c1-9-3-6-14(19-8-9)20-15(22)7-12-10(2)11-4-5-13(21)16(23)17(11)25-18(12)24/h3-6,8,21,23H,7H2,1-2H3,(H,19,20,22). The van der Waals surface area contributed by atoms with Crippen LogP contribution in [0.2, 0.25) is 0 Å². The van der Waals surface area contributed by atoms with Crippen LogP contribution in [0.15, 0.2) is 39.7 Å². The van der Waals surface area contributed by atoms with E-state index in [0.717, 1.165) is 5.56 Å². The zero-order chi connectivity index (χ0) is 18.1. The van der Waals surface area contributed by atoms with Gasteiger partial charge in [-0.15, -0.1) is 0 Å². The molecule has 2 aromatic heterocycles. The van der Waals surface area contributed by atoms with Gasteiger partial charge in [0.2, 0.25) is 11.7 Å². The molecule has 0 bridgehead atoms. The number of nitrogens with zero attached hydrogens (tertiary/aromatic N) is 1. The second-order valence-electron chi connectivity index (χ2n) is 5.75. The molecule has 0 aliphatic heterocycles. The number of benzene rings is 1. The number of hydrogen-bond donors (Lipinski definition) is 3. The first kappa shape index (κ1) is 16.5. The topological polar surface area (TPSA) is 113 Å². The third-order valence-electron chi connectivity index (χ3n) is 3.92. The van der Waals surface area contributed by atoms with E-state index in [2.05, 4.69) is 10.3 Å². The Labute approximate surface area is 142 Å². The van der Waals surface area contributed by atoms with Crippen LogP contribution in [-0.4, -0.2) is 21.1 Å². The maximum Gasteiger partial charge on any atom is 0.340 e. The van der Waals surface area contributed by atoms with Gasteiger partial charge in [0.1, 0.15) is 5.82 Å². The monoisotopic (exact) mass is 340 g/mol. The molecule has 0 aliphatic carbocycles. The highest BCUT2D eigenvalue weighted by atomic mass is 16.4. The van der Waals surface area contributed by atoms with Crippen LogP contribution in [0, 0.1) is 13.8 Å². The van der Waals surface area contributed by atoms with Gasteiger partial charge in [0, 0.05) is 11.6 Å². The number of phenolic OH excluding ortho intramolecular Hbond substituents is 2. The summed E-state index contributed by atoms with van der Waals surface area (Å²) in [7, 11) is 0. The summed E-state index contributed by atoms with van der Waals surface area (Å²) in [6, 6.07) is 6.30. The predicted octanol–water partition coefficient (Wildman–Crippen LogP) is 2.40. The number of rotatable bonds is 3. The lowest BCUT2D eigenvalue weighted by atomic mass is 10.0. The predicted molar refractivity (Wildman–Crippen MR) is 91.9 cm³/mol. The Morgan fingerprint density at radius 1 is 1.20 bits per heavy atom. The van der Waals surface area contributed by atoms with E-state index < -0.39 is 17.3 Å². The highest BCUT2D eigenvalue weighted by Gasteiger charge is 2.18. The zero-order valence-corrected chi connectivity index (χ0v) is 13.7. The summed E-state index contributed by atoms with van der Waals surface area (Å²) in [6.07, 6.45) is 1.43. The number of pyridine rings is 1. The third-order valence-corrected chi connectivity index (χ3v) is 3.92. The van der Waals surface area contributed by atoms with E-state index in [1.165, 1.54) is 12.1 Å². The minimum Gasteiger partial charge on any atom is -0.504 e. The van der Waals surface area contributed by atoms with Crippen LogP contribution in [-0.2, 0) is 11.2 Å². The molecule has 1 amide bonds. The number of carbonyl (C=O) groups excluding carboxylic acids is 1. The van der Waals surface area contributed by atoms with E-state index in [1.54, 1.807) is 19.2 Å². The number of hydrogen-bond acceptors (Lipinski definition) is 6. The van der Waals surface area contributed by atoms with E-state index in [-0.39, 0.29) is 23.3 Å². The highest BCUT2D eigenvalue weighted by Crippen LogP contribution is 2.34. The summed E-state index contributed by atoms with van der Waals surface area (Å²) >= 11 is 0. The molecule has 7 heteroatoms. The maximum atomic E-state index is 12.2. The number of carbonyl (C=O) groups is 1. The molecule has 25 heavy (non-hydrogen) atoms. The average Bonchev–Trinajstić information content (AvgIpc) is 2.57. The number of aromatic nitrogens is 1. The molecule has 3 rings (SSSR count). The molecule has 0 saturated heterocycles. The van der Waals surface area contributed by atoms with Gasteiger partial charge < -0.3 is 19.9 Å². The van der Waals surface area contributed by atoms with Crippen LogP contribution >= 0.6 is 0 Å². The third kappa shape index (κ3) is 3.16. The molecule has 1 aromatic carbocycles. The van der Waals surface area contributed by atoms with Crippen LogP contribution < -0.4 is 10.9 Å². The van der Waals surface area contributed by atoms with Gasteiger partial charge in [-0.1, -0.05) is 6.07 Å². The first-order chi connectivity index (χ1) is 11.9. The minimum atomic E-state index is -0.738. The molecule has 3 aromatic rings. The summed E-state index contributed by atoms with van der Waals surface area (Å²) in [5.41, 5.74) is 0.813. The van der Waals surface area contributed by atoms with E-state index >= 15 is 0 Å². The quantitative estimate of drug-likeness (QED) is 0.498. The summed E-state index contributed by atoms with van der Waals surface area (Å²) in [5.74, 6) is -0.904. The van der Waals surface area contributed by atoms with Gasteiger partial charge in [0.25, 0.3) is 0 Å². The van der Waals surface area contributed by atoms with Crippen molar-refractivity contribution in [3.63, 3.8) is 0 Å². The van der Waals surface area contributed by atoms with Gasteiger partial charge >= 0.3 is 5.63 Å². The lowest BCUT2D eigenvalue weighted by Crippen LogP contribution is -2.21. The van der Waals surface area contributed by atoms with Gasteiger partial charge in [0.15, 0.2) is 11.3 Å². The maximum absolute atomic E-state index is 12.2. The number of anilines is 1. The molecule has 3 N–H and O–H groups in total.